The average Bonchev–Trinajstić information content (AvgIpc) is 3.24. The maximum atomic E-state index is 13.5. The summed E-state index contributed by atoms with van der Waals surface area (Å²) in [6.45, 7) is -0.0979. The predicted octanol–water partition coefficient (Wildman–Crippen LogP) is 5.13. The minimum absolute atomic E-state index is 0.0979. The van der Waals surface area contributed by atoms with E-state index in [1.165, 1.54) is 17.0 Å². The van der Waals surface area contributed by atoms with Crippen LogP contribution < -0.4 is 4.90 Å². The second kappa shape index (κ2) is 6.75. The van der Waals surface area contributed by atoms with Crippen molar-refractivity contribution in [1.82, 2.24) is 4.98 Å². The van der Waals surface area contributed by atoms with Crippen LogP contribution in [0.3, 0.4) is 0 Å². The lowest BCUT2D eigenvalue weighted by Crippen LogP contribution is -2.26. The maximum Gasteiger partial charge on any atom is 0.160 e. The maximum absolute atomic E-state index is 13.5. The third kappa shape index (κ3) is 3.03. The number of hydrogen-bond donors (Lipinski definition) is 2. The summed E-state index contributed by atoms with van der Waals surface area (Å²) >= 11 is 1.12. The molecule has 0 atom stereocenters. The average molecular weight is 405 g/mol. The van der Waals surface area contributed by atoms with Crippen LogP contribution in [0.15, 0.2) is 47.5 Å². The molecule has 1 aromatic heterocycles. The molecule has 142 valence electrons. The van der Waals surface area contributed by atoms with Gasteiger partial charge in [0, 0.05) is 22.7 Å². The standard InChI is InChI=1S/C19H11F4N3OS/c20-11-3-1-9(5-13(11)22)15-8-28-19(25-15)17-16(27)7-26(18(17)24)10-2-4-12(21)14(23)6-10/h1-6,8,24,27H,7H2. The Balaban J connectivity index is 1.65. The van der Waals surface area contributed by atoms with Gasteiger partial charge in [-0.3, -0.25) is 5.41 Å². The molecule has 2 heterocycles. The van der Waals surface area contributed by atoms with Gasteiger partial charge in [-0.1, -0.05) is 0 Å². The van der Waals surface area contributed by atoms with E-state index in [4.69, 9.17) is 5.41 Å². The lowest BCUT2D eigenvalue weighted by molar-refractivity contribution is 0.411. The summed E-state index contributed by atoms with van der Waals surface area (Å²) in [5, 5.41) is 20.5. The monoisotopic (exact) mass is 405 g/mol. The fourth-order valence-electron chi connectivity index (χ4n) is 2.85. The summed E-state index contributed by atoms with van der Waals surface area (Å²) in [6, 6.07) is 6.56. The Kier molecular flexibility index (Phi) is 4.38. The van der Waals surface area contributed by atoms with Gasteiger partial charge in [-0.05, 0) is 30.3 Å². The molecule has 0 fully saturated rings. The van der Waals surface area contributed by atoms with Crippen molar-refractivity contribution in [3.8, 4) is 11.3 Å². The van der Waals surface area contributed by atoms with Crippen molar-refractivity contribution in [1.29, 1.82) is 5.41 Å². The Morgan fingerprint density at radius 2 is 1.64 bits per heavy atom. The van der Waals surface area contributed by atoms with Crippen molar-refractivity contribution in [2.75, 3.05) is 11.4 Å². The number of rotatable bonds is 3. The van der Waals surface area contributed by atoms with Crippen molar-refractivity contribution in [3.05, 3.63) is 75.8 Å². The van der Waals surface area contributed by atoms with Gasteiger partial charge in [-0.25, -0.2) is 22.5 Å². The van der Waals surface area contributed by atoms with Gasteiger partial charge < -0.3 is 10.0 Å². The van der Waals surface area contributed by atoms with Gasteiger partial charge in [-0.2, -0.15) is 0 Å². The number of amidine groups is 1. The van der Waals surface area contributed by atoms with E-state index in [0.717, 1.165) is 35.6 Å². The number of halogens is 4. The summed E-state index contributed by atoms with van der Waals surface area (Å²) in [4.78, 5) is 5.62. The highest BCUT2D eigenvalue weighted by Crippen LogP contribution is 2.35. The number of aliphatic hydroxyl groups is 1. The van der Waals surface area contributed by atoms with Crippen LogP contribution in [0.2, 0.25) is 0 Å². The quantitative estimate of drug-likeness (QED) is 0.594. The molecule has 4 nitrogen and oxygen atoms in total. The molecule has 0 unspecified atom stereocenters. The first-order valence-corrected chi connectivity index (χ1v) is 8.88. The van der Waals surface area contributed by atoms with Crippen molar-refractivity contribution < 1.29 is 22.7 Å². The second-order valence-electron chi connectivity index (χ2n) is 6.02. The van der Waals surface area contributed by atoms with Crippen LogP contribution in [0.5, 0.6) is 0 Å². The van der Waals surface area contributed by atoms with Gasteiger partial charge in [-0.15, -0.1) is 11.3 Å². The molecule has 1 aliphatic heterocycles. The molecule has 0 saturated carbocycles. The first-order valence-electron chi connectivity index (χ1n) is 8.00. The van der Waals surface area contributed by atoms with Crippen LogP contribution in [0, 0.1) is 28.7 Å². The molecule has 0 bridgehead atoms. The minimum atomic E-state index is -1.06. The molecule has 0 radical (unpaired) electrons. The zero-order valence-corrected chi connectivity index (χ0v) is 14.8. The number of aliphatic hydroxyl groups excluding tert-OH is 1. The molecule has 4 rings (SSSR count). The second-order valence-corrected chi connectivity index (χ2v) is 6.88. The van der Waals surface area contributed by atoms with Crippen LogP contribution in [-0.2, 0) is 0 Å². The topological polar surface area (TPSA) is 60.2 Å². The molecule has 2 N–H and O–H groups in total. The van der Waals surface area contributed by atoms with Crippen LogP contribution in [0.1, 0.15) is 5.01 Å². The smallest absolute Gasteiger partial charge is 0.160 e. The first kappa shape index (κ1) is 18.2. The van der Waals surface area contributed by atoms with E-state index in [9.17, 15) is 22.7 Å². The zero-order chi connectivity index (χ0) is 20.0. The Hall–Kier alpha value is -3.20. The van der Waals surface area contributed by atoms with E-state index in [1.54, 1.807) is 5.38 Å². The molecule has 1 aliphatic rings. The molecule has 0 amide bonds. The molecule has 0 spiro atoms. The number of aromatic nitrogens is 1. The normalized spacial score (nSPS) is 14.3. The summed E-state index contributed by atoms with van der Waals surface area (Å²) in [6.07, 6.45) is 0. The number of thiazole rings is 1. The predicted molar refractivity (Wildman–Crippen MR) is 98.4 cm³/mol. The third-order valence-corrected chi connectivity index (χ3v) is 5.11. The van der Waals surface area contributed by atoms with E-state index < -0.39 is 23.3 Å². The number of nitrogens with zero attached hydrogens (tertiary/aromatic N) is 2. The Bertz CT molecular complexity index is 1140. The molecule has 28 heavy (non-hydrogen) atoms. The van der Waals surface area contributed by atoms with Crippen molar-refractivity contribution in [2.24, 2.45) is 0 Å². The van der Waals surface area contributed by atoms with Gasteiger partial charge in [0.15, 0.2) is 23.3 Å². The lowest BCUT2D eigenvalue weighted by atomic mass is 10.1. The molecular weight excluding hydrogens is 394 g/mol. The van der Waals surface area contributed by atoms with Gasteiger partial charge in [0.1, 0.15) is 16.6 Å². The zero-order valence-electron chi connectivity index (χ0n) is 14.0. The molecular formula is C19H11F4N3OS. The highest BCUT2D eigenvalue weighted by molar-refractivity contribution is 7.11. The summed E-state index contributed by atoms with van der Waals surface area (Å²) < 4.78 is 53.2. The van der Waals surface area contributed by atoms with E-state index >= 15 is 0 Å². The number of anilines is 1. The van der Waals surface area contributed by atoms with Crippen molar-refractivity contribution in [2.45, 2.75) is 0 Å². The van der Waals surface area contributed by atoms with Crippen molar-refractivity contribution in [3.63, 3.8) is 0 Å². The van der Waals surface area contributed by atoms with Gasteiger partial charge in [0.25, 0.3) is 0 Å². The lowest BCUT2D eigenvalue weighted by Gasteiger charge is -2.18. The van der Waals surface area contributed by atoms with Gasteiger partial charge >= 0.3 is 0 Å². The van der Waals surface area contributed by atoms with Gasteiger partial charge in [0.05, 0.1) is 17.8 Å². The highest BCUT2D eigenvalue weighted by atomic mass is 32.1. The number of hydrogen-bond acceptors (Lipinski definition) is 4. The Morgan fingerprint density at radius 3 is 2.32 bits per heavy atom. The molecule has 3 aromatic rings. The van der Waals surface area contributed by atoms with Crippen LogP contribution in [-0.4, -0.2) is 22.5 Å². The third-order valence-electron chi connectivity index (χ3n) is 4.25. The number of benzene rings is 2. The molecule has 0 saturated heterocycles. The van der Waals surface area contributed by atoms with Crippen LogP contribution >= 0.6 is 11.3 Å². The fraction of sp³-hybridized carbons (Fsp3) is 0.0526. The van der Waals surface area contributed by atoms with Crippen LogP contribution in [0.25, 0.3) is 16.8 Å². The first-order chi connectivity index (χ1) is 13.3. The minimum Gasteiger partial charge on any atom is -0.510 e. The molecule has 0 aliphatic carbocycles. The molecule has 9 heteroatoms. The summed E-state index contributed by atoms with van der Waals surface area (Å²) in [7, 11) is 0. The van der Waals surface area contributed by atoms with Crippen molar-refractivity contribution >= 4 is 28.4 Å². The Labute approximate surface area is 160 Å². The number of nitrogens with one attached hydrogen (secondary N) is 1. The highest BCUT2D eigenvalue weighted by Gasteiger charge is 2.31. The van der Waals surface area contributed by atoms with Gasteiger partial charge in [0.2, 0.25) is 0 Å². The van der Waals surface area contributed by atoms with E-state index in [2.05, 4.69) is 4.98 Å². The van der Waals surface area contributed by atoms with Crippen LogP contribution in [0.4, 0.5) is 23.2 Å². The molecule has 2 aromatic carbocycles. The van der Waals surface area contributed by atoms with E-state index in [1.807, 2.05) is 0 Å². The van der Waals surface area contributed by atoms with E-state index in [0.29, 0.717) is 16.3 Å². The largest absolute Gasteiger partial charge is 0.510 e. The summed E-state index contributed by atoms with van der Waals surface area (Å²) in [5.74, 6) is -4.33. The Morgan fingerprint density at radius 1 is 0.964 bits per heavy atom. The summed E-state index contributed by atoms with van der Waals surface area (Å²) in [5.41, 5.74) is 1.06. The fourth-order valence-corrected chi connectivity index (χ4v) is 3.75. The van der Waals surface area contributed by atoms with E-state index in [-0.39, 0.29) is 29.4 Å². The SMILES string of the molecule is N=C1C(c2nc(-c3ccc(F)c(F)c3)cs2)=C(O)CN1c1ccc(F)c(F)c1.